The number of hydrogen-bond acceptors (Lipinski definition) is 3. The van der Waals surface area contributed by atoms with Gasteiger partial charge in [0, 0.05) is 13.1 Å². The van der Waals surface area contributed by atoms with Crippen molar-refractivity contribution in [2.75, 3.05) is 26.2 Å². The third kappa shape index (κ3) is 3.97. The number of nitrogens with one attached hydrogen (secondary N) is 1. The molecule has 0 aliphatic carbocycles. The highest BCUT2D eigenvalue weighted by Gasteiger charge is 2.43. The van der Waals surface area contributed by atoms with E-state index < -0.39 is 21.8 Å². The Balaban J connectivity index is 0.00000225. The summed E-state index contributed by atoms with van der Waals surface area (Å²) in [4.78, 5) is -0.0264. The maximum atomic E-state index is 12.9. The second kappa shape index (κ2) is 7.06. The molecule has 2 aliphatic rings. The number of piperidine rings is 1. The van der Waals surface area contributed by atoms with Crippen LogP contribution in [0.3, 0.4) is 0 Å². The molecule has 1 aromatic carbocycles. The fourth-order valence-corrected chi connectivity index (χ4v) is 5.48. The van der Waals surface area contributed by atoms with Gasteiger partial charge in [0.1, 0.15) is 0 Å². The van der Waals surface area contributed by atoms with E-state index in [4.69, 9.17) is 0 Å². The van der Waals surface area contributed by atoms with Gasteiger partial charge in [0.25, 0.3) is 0 Å². The van der Waals surface area contributed by atoms with Gasteiger partial charge in [0.2, 0.25) is 10.0 Å². The van der Waals surface area contributed by atoms with Crippen molar-refractivity contribution in [2.24, 2.45) is 5.41 Å². The van der Waals surface area contributed by atoms with Gasteiger partial charge in [-0.05, 0) is 68.5 Å². The summed E-state index contributed by atoms with van der Waals surface area (Å²) in [7, 11) is -3.76. The summed E-state index contributed by atoms with van der Waals surface area (Å²) >= 11 is 0. The zero-order valence-electron chi connectivity index (χ0n) is 13.9. The lowest BCUT2D eigenvalue weighted by molar-refractivity contribution is -0.137. The van der Waals surface area contributed by atoms with E-state index in [0.29, 0.717) is 13.1 Å². The number of aryl methyl sites for hydroxylation is 1. The first-order valence-corrected chi connectivity index (χ1v) is 9.47. The number of sulfonamides is 1. The molecule has 1 spiro atoms. The second-order valence-corrected chi connectivity index (χ2v) is 8.72. The molecule has 0 radical (unpaired) electrons. The van der Waals surface area contributed by atoms with Crippen molar-refractivity contribution in [3.63, 3.8) is 0 Å². The molecule has 142 valence electrons. The molecule has 4 nitrogen and oxygen atoms in total. The molecule has 1 N–H and O–H groups in total. The highest BCUT2D eigenvalue weighted by atomic mass is 35.5. The molecule has 2 fully saturated rings. The molecule has 9 heteroatoms. The Morgan fingerprint density at radius 2 is 1.80 bits per heavy atom. The molecule has 2 saturated heterocycles. The van der Waals surface area contributed by atoms with Gasteiger partial charge in [-0.3, -0.25) is 0 Å². The van der Waals surface area contributed by atoms with Crippen LogP contribution < -0.4 is 5.32 Å². The molecule has 2 heterocycles. The van der Waals surface area contributed by atoms with Crippen LogP contribution in [0.1, 0.15) is 30.4 Å². The summed E-state index contributed by atoms with van der Waals surface area (Å²) < 4.78 is 65.5. The van der Waals surface area contributed by atoms with Crippen LogP contribution in [0.4, 0.5) is 13.2 Å². The molecule has 1 aromatic rings. The van der Waals surface area contributed by atoms with Crippen molar-refractivity contribution in [2.45, 2.75) is 37.3 Å². The number of benzene rings is 1. The van der Waals surface area contributed by atoms with Gasteiger partial charge < -0.3 is 5.32 Å². The van der Waals surface area contributed by atoms with E-state index in [9.17, 15) is 21.6 Å². The summed E-state index contributed by atoms with van der Waals surface area (Å²) in [5.74, 6) is 0. The third-order valence-corrected chi connectivity index (χ3v) is 7.19. The molecule has 3 rings (SSSR count). The van der Waals surface area contributed by atoms with Crippen molar-refractivity contribution < 1.29 is 21.6 Å². The van der Waals surface area contributed by atoms with Crippen LogP contribution in [-0.4, -0.2) is 38.9 Å². The minimum absolute atomic E-state index is 0. The van der Waals surface area contributed by atoms with E-state index >= 15 is 0 Å². The second-order valence-electron chi connectivity index (χ2n) is 6.82. The first kappa shape index (κ1) is 20.5. The smallest absolute Gasteiger partial charge is 0.317 e. The Hall–Kier alpha value is -0.830. The predicted molar refractivity (Wildman–Crippen MR) is 91.3 cm³/mol. The van der Waals surface area contributed by atoms with Crippen molar-refractivity contribution >= 4 is 22.4 Å². The molecule has 0 amide bonds. The molecule has 25 heavy (non-hydrogen) atoms. The average molecular weight is 399 g/mol. The lowest BCUT2D eigenvalue weighted by Crippen LogP contribution is -2.39. The van der Waals surface area contributed by atoms with Gasteiger partial charge in [-0.2, -0.15) is 17.5 Å². The van der Waals surface area contributed by atoms with E-state index in [1.807, 2.05) is 0 Å². The van der Waals surface area contributed by atoms with Crippen molar-refractivity contribution in [1.82, 2.24) is 9.62 Å². The van der Waals surface area contributed by atoms with Gasteiger partial charge in [0.05, 0.1) is 10.5 Å². The number of rotatable bonds is 2. The van der Waals surface area contributed by atoms with Gasteiger partial charge in [-0.15, -0.1) is 12.4 Å². The molecule has 0 aromatic heterocycles. The lowest BCUT2D eigenvalue weighted by Gasteiger charge is -2.33. The summed E-state index contributed by atoms with van der Waals surface area (Å²) in [6.45, 7) is 4.07. The van der Waals surface area contributed by atoms with Gasteiger partial charge in [-0.1, -0.05) is 0 Å². The average Bonchev–Trinajstić information content (AvgIpc) is 2.91. The molecule has 0 bridgehead atoms. The van der Waals surface area contributed by atoms with Crippen molar-refractivity contribution in [3.8, 4) is 0 Å². The summed E-state index contributed by atoms with van der Waals surface area (Å²) in [5, 5.41) is 3.28. The van der Waals surface area contributed by atoms with Gasteiger partial charge >= 0.3 is 6.18 Å². The Morgan fingerprint density at radius 3 is 2.36 bits per heavy atom. The summed E-state index contributed by atoms with van der Waals surface area (Å²) in [5.41, 5.74) is -0.677. The maximum Gasteiger partial charge on any atom is 0.416 e. The normalized spacial score (nSPS) is 21.3. The van der Waals surface area contributed by atoms with E-state index in [1.165, 1.54) is 11.2 Å². The Morgan fingerprint density at radius 1 is 1.16 bits per heavy atom. The van der Waals surface area contributed by atoms with E-state index in [-0.39, 0.29) is 28.3 Å². The van der Waals surface area contributed by atoms with Crippen LogP contribution in [-0.2, 0) is 16.2 Å². The fraction of sp³-hybridized carbons (Fsp3) is 0.625. The molecular weight excluding hydrogens is 377 g/mol. The summed E-state index contributed by atoms with van der Waals surface area (Å²) in [6.07, 6.45) is -1.79. The standard InChI is InChI=1S/C16H21F3N2O2S.ClH/c1-12-10-13(16(17,18)19)2-3-14(12)24(22,23)21-9-6-15(11-21)4-7-20-8-5-15;/h2-3,10,20H,4-9,11H2,1H3;1H. The van der Waals surface area contributed by atoms with Gasteiger partial charge in [0.15, 0.2) is 0 Å². The van der Waals surface area contributed by atoms with E-state index in [0.717, 1.165) is 50.6 Å². The topological polar surface area (TPSA) is 49.4 Å². The van der Waals surface area contributed by atoms with Gasteiger partial charge in [-0.25, -0.2) is 8.42 Å². The number of halogens is 4. The van der Waals surface area contributed by atoms with E-state index in [2.05, 4.69) is 5.32 Å². The van der Waals surface area contributed by atoms with Crippen LogP contribution in [0.5, 0.6) is 0 Å². The highest BCUT2D eigenvalue weighted by molar-refractivity contribution is 7.89. The van der Waals surface area contributed by atoms with Crippen molar-refractivity contribution in [3.05, 3.63) is 29.3 Å². The van der Waals surface area contributed by atoms with E-state index in [1.54, 1.807) is 0 Å². The van der Waals surface area contributed by atoms with Crippen LogP contribution in [0.25, 0.3) is 0 Å². The molecule has 0 atom stereocenters. The number of hydrogen-bond donors (Lipinski definition) is 1. The highest BCUT2D eigenvalue weighted by Crippen LogP contribution is 2.41. The number of nitrogens with zero attached hydrogens (tertiary/aromatic N) is 1. The number of alkyl halides is 3. The Bertz CT molecular complexity index is 731. The Kier molecular flexibility index (Phi) is 5.78. The molecule has 0 unspecified atom stereocenters. The minimum Gasteiger partial charge on any atom is -0.317 e. The van der Waals surface area contributed by atoms with Crippen LogP contribution in [0.2, 0.25) is 0 Å². The first-order valence-electron chi connectivity index (χ1n) is 8.03. The maximum absolute atomic E-state index is 12.9. The lowest BCUT2D eigenvalue weighted by atomic mass is 9.78. The third-order valence-electron chi connectivity index (χ3n) is 5.19. The zero-order valence-corrected chi connectivity index (χ0v) is 15.5. The molecular formula is C16H22ClF3N2O2S. The fourth-order valence-electron chi connectivity index (χ4n) is 3.72. The van der Waals surface area contributed by atoms with Crippen LogP contribution >= 0.6 is 12.4 Å². The molecule has 2 aliphatic heterocycles. The minimum atomic E-state index is -4.47. The largest absolute Gasteiger partial charge is 0.416 e. The monoisotopic (exact) mass is 398 g/mol. The first-order chi connectivity index (χ1) is 11.1. The van der Waals surface area contributed by atoms with Crippen molar-refractivity contribution in [1.29, 1.82) is 0 Å². The molecule has 0 saturated carbocycles. The quantitative estimate of drug-likeness (QED) is 0.832. The predicted octanol–water partition coefficient (Wildman–Crippen LogP) is 3.20. The SMILES string of the molecule is Cc1cc(C(F)(F)F)ccc1S(=O)(=O)N1CCC2(CCNCC2)C1.Cl. The Labute approximate surface area is 152 Å². The van der Waals surface area contributed by atoms with Crippen LogP contribution in [0.15, 0.2) is 23.1 Å². The van der Waals surface area contributed by atoms with Crippen LogP contribution in [0, 0.1) is 12.3 Å². The zero-order chi connectivity index (χ0) is 17.6. The summed E-state index contributed by atoms with van der Waals surface area (Å²) in [6, 6.07) is 2.83.